The molecule has 0 bridgehead atoms. The first-order valence-corrected chi connectivity index (χ1v) is 7.05. The Morgan fingerprint density at radius 3 is 2.76 bits per heavy atom. The smallest absolute Gasteiger partial charge is 0.203 e. The van der Waals surface area contributed by atoms with Gasteiger partial charge in [-0.1, -0.05) is 29.8 Å². The third-order valence-electron chi connectivity index (χ3n) is 3.51. The molecule has 0 aliphatic heterocycles. The summed E-state index contributed by atoms with van der Waals surface area (Å²) in [6.07, 6.45) is 0. The number of aryl methyl sites for hydroxylation is 1. The van der Waals surface area contributed by atoms with E-state index in [1.54, 1.807) is 7.11 Å². The monoisotopic (exact) mass is 301 g/mol. The van der Waals surface area contributed by atoms with Gasteiger partial charge in [0.25, 0.3) is 0 Å². The van der Waals surface area contributed by atoms with Gasteiger partial charge in [0.05, 0.1) is 18.1 Å². The van der Waals surface area contributed by atoms with E-state index in [9.17, 15) is 0 Å². The molecule has 0 radical (unpaired) electrons. The number of ether oxygens (including phenoxy) is 1. The van der Waals surface area contributed by atoms with E-state index < -0.39 is 0 Å². The van der Waals surface area contributed by atoms with Crippen molar-refractivity contribution in [3.8, 4) is 5.75 Å². The largest absolute Gasteiger partial charge is 0.496 e. The number of para-hydroxylation sites is 2. The molecule has 0 atom stereocenters. The summed E-state index contributed by atoms with van der Waals surface area (Å²) < 4.78 is 7.38. The summed E-state index contributed by atoms with van der Waals surface area (Å²) >= 11 is 6.25. The third-order valence-corrected chi connectivity index (χ3v) is 3.86. The van der Waals surface area contributed by atoms with Crippen LogP contribution in [0.1, 0.15) is 5.56 Å². The molecule has 0 aliphatic carbocycles. The number of benzene rings is 2. The number of fused-ring (bicyclic) bond motifs is 1. The number of nitrogens with zero attached hydrogens (tertiary/aromatic N) is 2. The van der Waals surface area contributed by atoms with Crippen molar-refractivity contribution < 1.29 is 4.74 Å². The van der Waals surface area contributed by atoms with Crippen LogP contribution in [0.2, 0.25) is 5.02 Å². The van der Waals surface area contributed by atoms with Crippen LogP contribution in [0, 0.1) is 0 Å². The van der Waals surface area contributed by atoms with Gasteiger partial charge in [-0.15, -0.1) is 0 Å². The Labute approximate surface area is 128 Å². The molecule has 4 nitrogen and oxygen atoms in total. The average molecular weight is 302 g/mol. The van der Waals surface area contributed by atoms with Gasteiger partial charge in [-0.05, 0) is 24.3 Å². The predicted molar refractivity (Wildman–Crippen MR) is 86.0 cm³/mol. The highest BCUT2D eigenvalue weighted by molar-refractivity contribution is 6.31. The van der Waals surface area contributed by atoms with Crippen LogP contribution in [-0.2, 0) is 13.6 Å². The summed E-state index contributed by atoms with van der Waals surface area (Å²) in [7, 11) is 3.63. The van der Waals surface area contributed by atoms with Crippen molar-refractivity contribution in [2.45, 2.75) is 6.54 Å². The number of aromatic nitrogens is 2. The highest BCUT2D eigenvalue weighted by Crippen LogP contribution is 2.27. The average Bonchev–Trinajstić information content (AvgIpc) is 2.83. The Hall–Kier alpha value is -2.20. The first-order chi connectivity index (χ1) is 10.2. The quantitative estimate of drug-likeness (QED) is 0.795. The molecule has 2 aromatic carbocycles. The van der Waals surface area contributed by atoms with Gasteiger partial charge in [0.15, 0.2) is 0 Å². The van der Waals surface area contributed by atoms with Gasteiger partial charge in [-0.25, -0.2) is 4.98 Å². The van der Waals surface area contributed by atoms with Gasteiger partial charge < -0.3 is 14.6 Å². The third kappa shape index (κ3) is 2.54. The lowest BCUT2D eigenvalue weighted by Gasteiger charge is -2.11. The molecule has 21 heavy (non-hydrogen) atoms. The predicted octanol–water partition coefficient (Wildman–Crippen LogP) is 3.85. The molecule has 1 aromatic heterocycles. The number of anilines is 1. The van der Waals surface area contributed by atoms with Crippen molar-refractivity contribution in [3.05, 3.63) is 53.1 Å². The second-order valence-electron chi connectivity index (χ2n) is 4.76. The van der Waals surface area contributed by atoms with Gasteiger partial charge in [-0.2, -0.15) is 0 Å². The van der Waals surface area contributed by atoms with Crippen molar-refractivity contribution in [3.63, 3.8) is 0 Å². The molecule has 5 heteroatoms. The molecule has 0 unspecified atom stereocenters. The zero-order chi connectivity index (χ0) is 14.8. The van der Waals surface area contributed by atoms with E-state index in [0.29, 0.717) is 11.6 Å². The molecule has 108 valence electrons. The molecule has 1 N–H and O–H groups in total. The number of methoxy groups -OCH3 is 1. The van der Waals surface area contributed by atoms with E-state index in [2.05, 4.69) is 10.3 Å². The van der Waals surface area contributed by atoms with Crippen LogP contribution >= 0.6 is 11.6 Å². The van der Waals surface area contributed by atoms with Crippen molar-refractivity contribution in [2.75, 3.05) is 12.4 Å². The number of rotatable bonds is 4. The van der Waals surface area contributed by atoms with Crippen LogP contribution in [0.5, 0.6) is 5.75 Å². The van der Waals surface area contributed by atoms with Crippen LogP contribution < -0.4 is 10.1 Å². The van der Waals surface area contributed by atoms with E-state index in [4.69, 9.17) is 16.3 Å². The van der Waals surface area contributed by atoms with Crippen LogP contribution in [0.3, 0.4) is 0 Å². The summed E-state index contributed by atoms with van der Waals surface area (Å²) in [5.41, 5.74) is 2.98. The van der Waals surface area contributed by atoms with Crippen molar-refractivity contribution in [2.24, 2.45) is 7.05 Å². The van der Waals surface area contributed by atoms with Crippen molar-refractivity contribution in [1.82, 2.24) is 9.55 Å². The number of hydrogen-bond acceptors (Lipinski definition) is 3. The zero-order valence-corrected chi connectivity index (χ0v) is 12.7. The molecule has 0 aliphatic rings. The number of imidazole rings is 1. The Balaban J connectivity index is 1.89. The Morgan fingerprint density at radius 2 is 2.00 bits per heavy atom. The maximum Gasteiger partial charge on any atom is 0.203 e. The van der Waals surface area contributed by atoms with Crippen LogP contribution in [0.4, 0.5) is 5.95 Å². The molecular weight excluding hydrogens is 286 g/mol. The molecule has 3 rings (SSSR count). The minimum Gasteiger partial charge on any atom is -0.496 e. The fraction of sp³-hybridized carbons (Fsp3) is 0.188. The van der Waals surface area contributed by atoms with Gasteiger partial charge in [0, 0.05) is 24.2 Å². The van der Waals surface area contributed by atoms with Crippen LogP contribution in [-0.4, -0.2) is 16.7 Å². The second kappa shape index (κ2) is 5.66. The topological polar surface area (TPSA) is 39.1 Å². The summed E-state index contributed by atoms with van der Waals surface area (Å²) in [5, 5.41) is 4.00. The fourth-order valence-electron chi connectivity index (χ4n) is 2.37. The highest BCUT2D eigenvalue weighted by Gasteiger charge is 2.10. The minimum atomic E-state index is 0.556. The van der Waals surface area contributed by atoms with Gasteiger partial charge in [0.2, 0.25) is 5.95 Å². The lowest BCUT2D eigenvalue weighted by atomic mass is 10.2. The Morgan fingerprint density at radius 1 is 1.19 bits per heavy atom. The minimum absolute atomic E-state index is 0.556. The molecular formula is C16H16ClN3O. The summed E-state index contributed by atoms with van der Waals surface area (Å²) in [4.78, 5) is 4.58. The summed E-state index contributed by atoms with van der Waals surface area (Å²) in [5.74, 6) is 1.58. The maximum atomic E-state index is 6.25. The molecule has 0 saturated heterocycles. The SMILES string of the molecule is COc1cccc(Cl)c1CNc1nc2ccccc2n1C. The number of nitrogens with one attached hydrogen (secondary N) is 1. The second-order valence-corrected chi connectivity index (χ2v) is 5.16. The van der Waals surface area contributed by atoms with E-state index >= 15 is 0 Å². The van der Waals surface area contributed by atoms with Crippen molar-refractivity contribution in [1.29, 1.82) is 0 Å². The first-order valence-electron chi connectivity index (χ1n) is 6.67. The summed E-state index contributed by atoms with van der Waals surface area (Å²) in [6.45, 7) is 0.556. The standard InChI is InChI=1S/C16H16ClN3O/c1-20-14-8-4-3-7-13(14)19-16(20)18-10-11-12(17)6-5-9-15(11)21-2/h3-9H,10H2,1-2H3,(H,18,19). The first kappa shape index (κ1) is 13.8. The molecule has 0 spiro atoms. The molecule has 0 amide bonds. The molecule has 3 aromatic rings. The van der Waals surface area contributed by atoms with Gasteiger partial charge >= 0.3 is 0 Å². The Kier molecular flexibility index (Phi) is 3.71. The maximum absolute atomic E-state index is 6.25. The molecule has 0 saturated carbocycles. The van der Waals surface area contributed by atoms with Gasteiger partial charge in [-0.3, -0.25) is 0 Å². The van der Waals surface area contributed by atoms with Crippen molar-refractivity contribution >= 4 is 28.6 Å². The van der Waals surface area contributed by atoms with E-state index in [1.807, 2.05) is 54.1 Å². The van der Waals surface area contributed by atoms with Crippen LogP contribution in [0.15, 0.2) is 42.5 Å². The molecule has 0 fully saturated rings. The normalized spacial score (nSPS) is 10.8. The number of hydrogen-bond donors (Lipinski definition) is 1. The lowest BCUT2D eigenvalue weighted by Crippen LogP contribution is -2.06. The summed E-state index contributed by atoms with van der Waals surface area (Å²) in [6, 6.07) is 13.7. The van der Waals surface area contributed by atoms with E-state index in [1.165, 1.54) is 0 Å². The fourth-order valence-corrected chi connectivity index (χ4v) is 2.61. The lowest BCUT2D eigenvalue weighted by molar-refractivity contribution is 0.410. The van der Waals surface area contributed by atoms with E-state index in [-0.39, 0.29) is 0 Å². The van der Waals surface area contributed by atoms with E-state index in [0.717, 1.165) is 28.3 Å². The number of halogens is 1. The Bertz CT molecular complexity index is 782. The highest BCUT2D eigenvalue weighted by atomic mass is 35.5. The van der Waals surface area contributed by atoms with Gasteiger partial charge in [0.1, 0.15) is 5.75 Å². The van der Waals surface area contributed by atoms with Crippen LogP contribution in [0.25, 0.3) is 11.0 Å². The molecule has 1 heterocycles. The zero-order valence-electron chi connectivity index (χ0n) is 11.9.